The minimum atomic E-state index is -0.428. The molecule has 3 aliphatic heterocycles. The lowest BCUT2D eigenvalue weighted by molar-refractivity contribution is -0.120. The normalized spacial score (nSPS) is 19.8. The van der Waals surface area contributed by atoms with Crippen LogP contribution in [0.3, 0.4) is 0 Å². The van der Waals surface area contributed by atoms with Gasteiger partial charge in [-0.1, -0.05) is 25.0 Å². The minimum absolute atomic E-state index is 0.180. The Morgan fingerprint density at radius 2 is 1.80 bits per heavy atom. The first kappa shape index (κ1) is 32.0. The highest BCUT2D eigenvalue weighted by atomic mass is 16.5. The summed E-state index contributed by atoms with van der Waals surface area (Å²) in [5.41, 5.74) is 7.31. The van der Waals surface area contributed by atoms with Crippen LogP contribution in [-0.2, 0) is 20.8 Å². The van der Waals surface area contributed by atoms with Crippen molar-refractivity contribution in [2.75, 3.05) is 57.5 Å². The number of aliphatic imine (C=N–C) groups is 1. The Kier molecular flexibility index (Phi) is 11.0. The number of morpholine rings is 1. The lowest BCUT2D eigenvalue weighted by atomic mass is 9.90. The summed E-state index contributed by atoms with van der Waals surface area (Å²) in [5.74, 6) is -0.788. The van der Waals surface area contributed by atoms with Crippen molar-refractivity contribution in [2.24, 2.45) is 10.9 Å². The summed E-state index contributed by atoms with van der Waals surface area (Å²) in [5, 5.41) is 3.10. The predicted octanol–water partition coefficient (Wildman–Crippen LogP) is 4.97. The molecule has 0 bridgehead atoms. The molecule has 3 aliphatic rings. The molecule has 236 valence electrons. The van der Waals surface area contributed by atoms with Gasteiger partial charge < -0.3 is 19.7 Å². The second-order valence-electron chi connectivity index (χ2n) is 12.0. The van der Waals surface area contributed by atoms with Gasteiger partial charge in [0.15, 0.2) is 0 Å². The number of hydrogen-bond donors (Lipinski definition) is 1. The number of carbonyl (C=O) groups is 2. The fourth-order valence-electron chi connectivity index (χ4n) is 6.55. The number of hydrogen-bond acceptors (Lipinski definition) is 7. The molecular formula is C35H47N5O4. The van der Waals surface area contributed by atoms with Crippen LogP contribution in [0.2, 0.25) is 0 Å². The largest absolute Gasteiger partial charge is 0.381 e. The van der Waals surface area contributed by atoms with Gasteiger partial charge in [0, 0.05) is 80.7 Å². The van der Waals surface area contributed by atoms with Crippen molar-refractivity contribution in [3.63, 3.8) is 0 Å². The molecule has 0 aliphatic carbocycles. The number of pyridine rings is 1. The van der Waals surface area contributed by atoms with E-state index in [0.717, 1.165) is 118 Å². The number of anilines is 1. The van der Waals surface area contributed by atoms with Crippen LogP contribution in [0, 0.1) is 12.8 Å². The Bertz CT molecular complexity index is 1370. The molecule has 2 amide bonds. The maximum atomic E-state index is 13.9. The van der Waals surface area contributed by atoms with Crippen LogP contribution in [-0.4, -0.2) is 86.1 Å². The molecule has 0 radical (unpaired) electrons. The molecule has 1 N–H and O–H groups in total. The van der Waals surface area contributed by atoms with Crippen LogP contribution in [0.4, 0.5) is 5.69 Å². The number of rotatable bonds is 11. The van der Waals surface area contributed by atoms with E-state index in [1.54, 1.807) is 0 Å². The van der Waals surface area contributed by atoms with Crippen molar-refractivity contribution in [1.29, 1.82) is 0 Å². The maximum Gasteiger partial charge on any atom is 0.254 e. The van der Waals surface area contributed by atoms with Gasteiger partial charge in [-0.2, -0.15) is 0 Å². The van der Waals surface area contributed by atoms with E-state index >= 15 is 0 Å². The summed E-state index contributed by atoms with van der Waals surface area (Å²) in [7, 11) is 0. The van der Waals surface area contributed by atoms with Crippen LogP contribution in [0.5, 0.6) is 0 Å². The minimum Gasteiger partial charge on any atom is -0.381 e. The third-order valence-corrected chi connectivity index (χ3v) is 8.99. The summed E-state index contributed by atoms with van der Waals surface area (Å²) in [6.07, 6.45) is 7.55. The SMILES string of the molecule is CCCC1=CC(C)=NC(=O)C1CNC(=O)c1cc(-c2ccc(CN3CCOCC3)nc2)cc(N(CC)C2CCOCC2)c1C. The summed E-state index contributed by atoms with van der Waals surface area (Å²) in [6, 6.07) is 8.70. The van der Waals surface area contributed by atoms with Gasteiger partial charge >= 0.3 is 0 Å². The summed E-state index contributed by atoms with van der Waals surface area (Å²) >= 11 is 0. The number of aromatic nitrogens is 1. The summed E-state index contributed by atoms with van der Waals surface area (Å²) < 4.78 is 11.1. The zero-order valence-electron chi connectivity index (χ0n) is 26.7. The van der Waals surface area contributed by atoms with E-state index in [4.69, 9.17) is 14.5 Å². The number of dihydropyridines is 1. The Balaban J connectivity index is 1.43. The van der Waals surface area contributed by atoms with E-state index in [1.165, 1.54) is 0 Å². The second kappa shape index (κ2) is 15.1. The monoisotopic (exact) mass is 601 g/mol. The van der Waals surface area contributed by atoms with Crippen LogP contribution in [0.1, 0.15) is 68.1 Å². The van der Waals surface area contributed by atoms with Crippen LogP contribution in [0.25, 0.3) is 11.1 Å². The van der Waals surface area contributed by atoms with Crippen molar-refractivity contribution >= 4 is 23.2 Å². The number of amides is 2. The molecule has 9 nitrogen and oxygen atoms in total. The van der Waals surface area contributed by atoms with Crippen molar-refractivity contribution in [3.05, 3.63) is 58.9 Å². The maximum absolute atomic E-state index is 13.9. The molecule has 0 spiro atoms. The number of carbonyl (C=O) groups excluding carboxylic acids is 2. The average Bonchev–Trinajstić information content (AvgIpc) is 3.03. The molecule has 1 aromatic heterocycles. The third kappa shape index (κ3) is 7.62. The smallest absolute Gasteiger partial charge is 0.254 e. The van der Waals surface area contributed by atoms with Gasteiger partial charge in [-0.15, -0.1) is 0 Å². The fourth-order valence-corrected chi connectivity index (χ4v) is 6.55. The van der Waals surface area contributed by atoms with E-state index in [0.29, 0.717) is 11.6 Å². The van der Waals surface area contributed by atoms with Gasteiger partial charge in [-0.3, -0.25) is 19.5 Å². The van der Waals surface area contributed by atoms with Crippen LogP contribution in [0.15, 0.2) is 47.1 Å². The number of nitrogens with one attached hydrogen (secondary N) is 1. The van der Waals surface area contributed by atoms with Crippen molar-refractivity contribution in [2.45, 2.75) is 66.0 Å². The molecule has 1 unspecified atom stereocenters. The summed E-state index contributed by atoms with van der Waals surface area (Å²) in [6.45, 7) is 14.8. The van der Waals surface area contributed by atoms with E-state index < -0.39 is 5.92 Å². The van der Waals surface area contributed by atoms with E-state index in [9.17, 15) is 9.59 Å². The highest BCUT2D eigenvalue weighted by Gasteiger charge is 2.28. The molecule has 0 saturated carbocycles. The molecule has 1 aromatic carbocycles. The number of benzene rings is 1. The van der Waals surface area contributed by atoms with Gasteiger partial charge in [0.1, 0.15) is 0 Å². The highest BCUT2D eigenvalue weighted by Crippen LogP contribution is 2.34. The first-order valence-corrected chi connectivity index (χ1v) is 16.2. The fraction of sp³-hybridized carbons (Fsp3) is 0.543. The number of ether oxygens (including phenoxy) is 2. The van der Waals surface area contributed by atoms with Gasteiger partial charge in [0.25, 0.3) is 11.8 Å². The van der Waals surface area contributed by atoms with Crippen molar-refractivity contribution < 1.29 is 19.1 Å². The zero-order valence-corrected chi connectivity index (χ0v) is 26.7. The van der Waals surface area contributed by atoms with Crippen molar-refractivity contribution in [3.8, 4) is 11.1 Å². The quantitative estimate of drug-likeness (QED) is 0.389. The molecule has 5 rings (SSSR count). The van der Waals surface area contributed by atoms with Gasteiger partial charge in [-0.05, 0) is 75.4 Å². The lowest BCUT2D eigenvalue weighted by Crippen LogP contribution is -2.40. The Hall–Kier alpha value is -3.40. The van der Waals surface area contributed by atoms with Crippen LogP contribution < -0.4 is 10.2 Å². The molecular weight excluding hydrogens is 554 g/mol. The Morgan fingerprint density at radius 1 is 1.05 bits per heavy atom. The van der Waals surface area contributed by atoms with Gasteiger partial charge in [0.2, 0.25) is 0 Å². The third-order valence-electron chi connectivity index (χ3n) is 8.99. The van der Waals surface area contributed by atoms with Gasteiger partial charge in [-0.25, -0.2) is 4.99 Å². The zero-order chi connectivity index (χ0) is 31.1. The van der Waals surface area contributed by atoms with Gasteiger partial charge in [0.05, 0.1) is 24.8 Å². The van der Waals surface area contributed by atoms with E-state index in [1.807, 2.05) is 32.2 Å². The molecule has 2 fully saturated rings. The molecule has 2 saturated heterocycles. The first-order valence-electron chi connectivity index (χ1n) is 16.2. The Labute approximate surface area is 261 Å². The lowest BCUT2D eigenvalue weighted by Gasteiger charge is -2.37. The average molecular weight is 602 g/mol. The number of allylic oxidation sites excluding steroid dienone is 1. The molecule has 1 atom stereocenters. The first-order chi connectivity index (χ1) is 21.4. The standard InChI is InChI=1S/C35H47N5O4/c1-5-7-26-18-24(3)38-35(42)32(26)22-37-34(41)31-19-28(20-33(25(31)4)40(6-2)30-10-14-43-15-11-30)27-8-9-29(36-21-27)23-39-12-16-44-17-13-39/h8-9,18-21,30,32H,5-7,10-17,22-23H2,1-4H3,(H,37,41). The van der Waals surface area contributed by atoms with Crippen molar-refractivity contribution in [1.82, 2.24) is 15.2 Å². The van der Waals surface area contributed by atoms with E-state index in [-0.39, 0.29) is 18.4 Å². The molecule has 4 heterocycles. The predicted molar refractivity (Wildman–Crippen MR) is 174 cm³/mol. The highest BCUT2D eigenvalue weighted by molar-refractivity contribution is 6.06. The van der Waals surface area contributed by atoms with Crippen LogP contribution >= 0.6 is 0 Å². The summed E-state index contributed by atoms with van der Waals surface area (Å²) in [4.78, 5) is 40.5. The molecule has 9 heteroatoms. The topological polar surface area (TPSA) is 96.4 Å². The second-order valence-corrected chi connectivity index (χ2v) is 12.0. The molecule has 2 aromatic rings. The Morgan fingerprint density at radius 3 is 2.48 bits per heavy atom. The molecule has 44 heavy (non-hydrogen) atoms. The number of nitrogens with zero attached hydrogens (tertiary/aromatic N) is 4. The van der Waals surface area contributed by atoms with E-state index in [2.05, 4.69) is 52.2 Å².